The summed E-state index contributed by atoms with van der Waals surface area (Å²) in [5.41, 5.74) is 0.923. The molecule has 0 aromatic heterocycles. The quantitative estimate of drug-likeness (QED) is 0.480. The van der Waals surface area contributed by atoms with Gasteiger partial charge in [0, 0.05) is 42.9 Å². The van der Waals surface area contributed by atoms with E-state index in [-0.39, 0.29) is 17.1 Å². The molecule has 2 aliphatic heterocycles. The first-order valence-corrected chi connectivity index (χ1v) is 10.4. The van der Waals surface area contributed by atoms with E-state index < -0.39 is 0 Å². The first-order valence-electron chi connectivity index (χ1n) is 9.17. The lowest BCUT2D eigenvalue weighted by molar-refractivity contribution is -0.119. The molecule has 2 fully saturated rings. The van der Waals surface area contributed by atoms with Gasteiger partial charge in [0.1, 0.15) is 5.82 Å². The Morgan fingerprint density at radius 2 is 2.35 bits per heavy atom. The topological polar surface area (TPSA) is 56.7 Å². The molecule has 142 valence electrons. The van der Waals surface area contributed by atoms with E-state index in [1.165, 1.54) is 6.07 Å². The predicted molar refractivity (Wildman–Crippen MR) is 104 cm³/mol. The van der Waals surface area contributed by atoms with Crippen LogP contribution in [0, 0.1) is 11.2 Å². The van der Waals surface area contributed by atoms with Gasteiger partial charge in [-0.25, -0.2) is 9.38 Å². The van der Waals surface area contributed by atoms with Gasteiger partial charge in [0.05, 0.1) is 6.54 Å². The minimum atomic E-state index is -0.231. The van der Waals surface area contributed by atoms with E-state index in [2.05, 4.69) is 15.5 Å². The molecule has 7 heteroatoms. The zero-order valence-corrected chi connectivity index (χ0v) is 16.3. The molecule has 0 saturated carbocycles. The molecule has 3 rings (SSSR count). The molecular weight excluding hydrogens is 351 g/mol. The first kappa shape index (κ1) is 19.0. The Morgan fingerprint density at radius 1 is 1.50 bits per heavy atom. The Kier molecular flexibility index (Phi) is 6.06. The fraction of sp³-hybridized carbons (Fsp3) is 0.579. The van der Waals surface area contributed by atoms with E-state index >= 15 is 0 Å². The number of carbonyl (C=O) groups is 1. The van der Waals surface area contributed by atoms with Gasteiger partial charge in [0.2, 0.25) is 5.91 Å². The molecule has 1 atom stereocenters. The van der Waals surface area contributed by atoms with Crippen LogP contribution < -0.4 is 10.6 Å². The average molecular weight is 379 g/mol. The van der Waals surface area contributed by atoms with Crippen molar-refractivity contribution in [1.29, 1.82) is 0 Å². The van der Waals surface area contributed by atoms with Crippen molar-refractivity contribution in [2.45, 2.75) is 37.6 Å². The number of carbonyl (C=O) groups excluding carboxylic acids is 1. The zero-order valence-electron chi connectivity index (χ0n) is 15.5. The fourth-order valence-electron chi connectivity index (χ4n) is 3.89. The lowest BCUT2D eigenvalue weighted by Gasteiger charge is -2.40. The maximum Gasteiger partial charge on any atom is 0.220 e. The second kappa shape index (κ2) is 8.29. The van der Waals surface area contributed by atoms with E-state index in [0.29, 0.717) is 13.0 Å². The molecule has 26 heavy (non-hydrogen) atoms. The second-order valence-corrected chi connectivity index (χ2v) is 7.95. The van der Waals surface area contributed by atoms with Crippen molar-refractivity contribution in [2.75, 3.05) is 32.4 Å². The summed E-state index contributed by atoms with van der Waals surface area (Å²) in [4.78, 5) is 19.8. The molecule has 1 aromatic rings. The summed E-state index contributed by atoms with van der Waals surface area (Å²) in [6.45, 7) is 5.78. The number of likely N-dealkylation sites (tertiary alicyclic amines) is 1. The Bertz CT molecular complexity index is 696. The van der Waals surface area contributed by atoms with Crippen LogP contribution in [0.1, 0.15) is 31.7 Å². The second-order valence-electron chi connectivity index (χ2n) is 7.10. The van der Waals surface area contributed by atoms with Gasteiger partial charge in [0.15, 0.2) is 5.96 Å². The lowest BCUT2D eigenvalue weighted by Crippen LogP contribution is -2.51. The maximum atomic E-state index is 13.6. The van der Waals surface area contributed by atoms with Gasteiger partial charge in [-0.1, -0.05) is 0 Å². The Balaban J connectivity index is 1.77. The number of guanidine groups is 1. The van der Waals surface area contributed by atoms with E-state index in [4.69, 9.17) is 4.99 Å². The summed E-state index contributed by atoms with van der Waals surface area (Å²) in [6, 6.07) is 4.86. The van der Waals surface area contributed by atoms with Crippen molar-refractivity contribution in [3.63, 3.8) is 0 Å². The number of rotatable bonds is 4. The highest BCUT2D eigenvalue weighted by Crippen LogP contribution is 2.36. The van der Waals surface area contributed by atoms with Gasteiger partial charge in [-0.15, -0.1) is 11.8 Å². The van der Waals surface area contributed by atoms with Crippen LogP contribution in [0.15, 0.2) is 28.1 Å². The Hall–Kier alpha value is -1.76. The molecule has 1 unspecified atom stereocenters. The number of thioether (sulfide) groups is 1. The van der Waals surface area contributed by atoms with Gasteiger partial charge >= 0.3 is 0 Å². The van der Waals surface area contributed by atoms with Crippen molar-refractivity contribution in [3.05, 3.63) is 29.6 Å². The molecule has 1 spiro atoms. The number of nitrogens with one attached hydrogen (secondary N) is 2. The van der Waals surface area contributed by atoms with Crippen molar-refractivity contribution < 1.29 is 9.18 Å². The smallest absolute Gasteiger partial charge is 0.220 e. The molecular formula is C19H27FN4OS. The summed E-state index contributed by atoms with van der Waals surface area (Å²) in [6.07, 6.45) is 4.71. The van der Waals surface area contributed by atoms with Gasteiger partial charge in [-0.3, -0.25) is 4.79 Å². The third kappa shape index (κ3) is 4.31. The van der Waals surface area contributed by atoms with Crippen LogP contribution >= 0.6 is 11.8 Å². The summed E-state index contributed by atoms with van der Waals surface area (Å²) < 4.78 is 13.6. The van der Waals surface area contributed by atoms with E-state index in [9.17, 15) is 9.18 Å². The molecule has 0 aliphatic carbocycles. The average Bonchev–Trinajstić information content (AvgIpc) is 2.98. The molecule has 1 amide bonds. The number of halogens is 1. The Morgan fingerprint density at radius 3 is 3.04 bits per heavy atom. The lowest BCUT2D eigenvalue weighted by atomic mass is 9.79. The number of piperidine rings is 1. The summed E-state index contributed by atoms with van der Waals surface area (Å²) >= 11 is 1.60. The van der Waals surface area contributed by atoms with Gasteiger partial charge in [-0.05, 0) is 49.8 Å². The van der Waals surface area contributed by atoms with Crippen molar-refractivity contribution >= 4 is 23.6 Å². The summed E-state index contributed by atoms with van der Waals surface area (Å²) in [7, 11) is 0. The number of amides is 1. The summed E-state index contributed by atoms with van der Waals surface area (Å²) in [5, 5.41) is 6.34. The third-order valence-electron chi connectivity index (χ3n) is 5.13. The van der Waals surface area contributed by atoms with E-state index in [1.54, 1.807) is 17.8 Å². The minimum Gasteiger partial charge on any atom is -0.357 e. The molecule has 2 aliphatic rings. The van der Waals surface area contributed by atoms with Crippen LogP contribution in [-0.4, -0.2) is 49.2 Å². The van der Waals surface area contributed by atoms with Gasteiger partial charge < -0.3 is 15.5 Å². The molecule has 5 nitrogen and oxygen atoms in total. The number of aliphatic imine (C=N–C) groups is 1. The Labute approximate surface area is 158 Å². The summed E-state index contributed by atoms with van der Waals surface area (Å²) in [5.74, 6) is 0.769. The highest BCUT2D eigenvalue weighted by atomic mass is 32.2. The maximum absolute atomic E-state index is 13.6. The van der Waals surface area contributed by atoms with Crippen LogP contribution in [-0.2, 0) is 11.3 Å². The molecule has 2 N–H and O–H groups in total. The van der Waals surface area contributed by atoms with Crippen molar-refractivity contribution in [3.8, 4) is 0 Å². The predicted octanol–water partition coefficient (Wildman–Crippen LogP) is 2.62. The molecule has 2 saturated heterocycles. The SMILES string of the molecule is CCNC(=NCc1cc(F)ccc1SC)N1CCCC2(CNC(=O)C2)C1. The van der Waals surface area contributed by atoms with E-state index in [1.807, 2.05) is 19.2 Å². The molecule has 2 heterocycles. The van der Waals surface area contributed by atoms with Crippen LogP contribution in [0.2, 0.25) is 0 Å². The van der Waals surface area contributed by atoms with Gasteiger partial charge in [0.25, 0.3) is 0 Å². The highest BCUT2D eigenvalue weighted by molar-refractivity contribution is 7.98. The third-order valence-corrected chi connectivity index (χ3v) is 5.97. The largest absolute Gasteiger partial charge is 0.357 e. The number of benzene rings is 1. The van der Waals surface area contributed by atoms with Crippen molar-refractivity contribution in [2.24, 2.45) is 10.4 Å². The molecule has 0 radical (unpaired) electrons. The van der Waals surface area contributed by atoms with Crippen LogP contribution in [0.25, 0.3) is 0 Å². The zero-order chi connectivity index (χ0) is 18.6. The fourth-order valence-corrected chi connectivity index (χ4v) is 4.48. The first-order chi connectivity index (χ1) is 12.5. The number of hydrogen-bond donors (Lipinski definition) is 2. The molecule has 1 aromatic carbocycles. The number of nitrogens with zero attached hydrogens (tertiary/aromatic N) is 2. The van der Waals surface area contributed by atoms with Crippen molar-refractivity contribution in [1.82, 2.24) is 15.5 Å². The van der Waals surface area contributed by atoms with Crippen LogP contribution in [0.4, 0.5) is 4.39 Å². The normalized spacial score (nSPS) is 23.4. The minimum absolute atomic E-state index is 0.0226. The number of hydrogen-bond acceptors (Lipinski definition) is 3. The van der Waals surface area contributed by atoms with Crippen LogP contribution in [0.3, 0.4) is 0 Å². The highest BCUT2D eigenvalue weighted by Gasteiger charge is 2.42. The monoisotopic (exact) mass is 378 g/mol. The standard InChI is InChI=1S/C19H27FN4OS/c1-3-21-18(22-11-14-9-15(20)5-6-16(14)26-2)24-8-4-7-19(13-24)10-17(25)23-12-19/h5-6,9H,3-4,7-8,10-13H2,1-2H3,(H,21,22)(H,23,25). The van der Waals surface area contributed by atoms with Crippen LogP contribution in [0.5, 0.6) is 0 Å². The molecule has 0 bridgehead atoms. The van der Waals surface area contributed by atoms with Gasteiger partial charge in [-0.2, -0.15) is 0 Å². The van der Waals surface area contributed by atoms with E-state index in [0.717, 1.165) is 55.4 Å².